The molecular formula is C24H24ClN2NaO3Se. The van der Waals surface area contributed by atoms with Crippen molar-refractivity contribution in [1.29, 1.82) is 0 Å². The summed E-state index contributed by atoms with van der Waals surface area (Å²) in [4.78, 5) is 17.8. The average molecular weight is 526 g/mol. The van der Waals surface area contributed by atoms with Crippen molar-refractivity contribution in [3.8, 4) is 25.9 Å². The van der Waals surface area contributed by atoms with Gasteiger partial charge in [-0.2, -0.15) is 0 Å². The van der Waals surface area contributed by atoms with Crippen LogP contribution in [0.5, 0.6) is 5.75 Å². The summed E-state index contributed by atoms with van der Waals surface area (Å²) < 4.78 is 7.99. The van der Waals surface area contributed by atoms with Crippen molar-refractivity contribution in [3.63, 3.8) is 0 Å². The van der Waals surface area contributed by atoms with Gasteiger partial charge in [0.15, 0.2) is 0 Å². The third-order valence-corrected chi connectivity index (χ3v) is 7.89. The summed E-state index contributed by atoms with van der Waals surface area (Å²) >= 11 is 6.49. The second-order valence-electron chi connectivity index (χ2n) is 8.08. The van der Waals surface area contributed by atoms with E-state index in [1.807, 2.05) is 38.2 Å². The summed E-state index contributed by atoms with van der Waals surface area (Å²) in [5.41, 5.74) is 3.38. The number of carbonyl (C=O) groups is 1. The van der Waals surface area contributed by atoms with Crippen LogP contribution in [0, 0.1) is 5.92 Å². The Hall–Kier alpha value is -1.11. The second kappa shape index (κ2) is 11.3. The van der Waals surface area contributed by atoms with E-state index in [4.69, 9.17) is 16.3 Å². The molecule has 4 rings (SSSR count). The predicted molar refractivity (Wildman–Crippen MR) is 121 cm³/mol. The quantitative estimate of drug-likeness (QED) is 0.420. The van der Waals surface area contributed by atoms with Crippen LogP contribution in [0.15, 0.2) is 48.7 Å². The number of benzene rings is 2. The minimum absolute atomic E-state index is 0. The van der Waals surface area contributed by atoms with Crippen molar-refractivity contribution in [2.24, 2.45) is 5.92 Å². The molecule has 0 saturated carbocycles. The average Bonchev–Trinajstić information content (AvgIpc) is 3.40. The molecule has 32 heavy (non-hydrogen) atoms. The first-order valence-corrected chi connectivity index (χ1v) is 12.4. The molecule has 1 saturated heterocycles. The number of halogens is 1. The van der Waals surface area contributed by atoms with Gasteiger partial charge >= 0.3 is 223 Å². The second-order valence-corrected chi connectivity index (χ2v) is 10.6. The van der Waals surface area contributed by atoms with Gasteiger partial charge in [-0.1, -0.05) is 0 Å². The Morgan fingerprint density at radius 2 is 1.97 bits per heavy atom. The molecule has 0 radical (unpaired) electrons. The molecular weight excluding hydrogens is 502 g/mol. The van der Waals surface area contributed by atoms with Crippen LogP contribution in [0.1, 0.15) is 25.8 Å². The third kappa shape index (κ3) is 6.26. The maximum Gasteiger partial charge on any atom is 1.00 e. The van der Waals surface area contributed by atoms with Crippen molar-refractivity contribution in [2.75, 3.05) is 13.1 Å². The molecule has 1 fully saturated rings. The fourth-order valence-electron chi connectivity index (χ4n) is 3.73. The first kappa shape index (κ1) is 25.5. The van der Waals surface area contributed by atoms with Crippen molar-refractivity contribution in [3.05, 3.63) is 59.2 Å². The summed E-state index contributed by atoms with van der Waals surface area (Å²) in [5.74, 6) is -0.590. The maximum absolute atomic E-state index is 11.0. The fraction of sp³-hybridized carbons (Fsp3) is 0.333. The molecule has 162 valence electrons. The number of hydrogen-bond donors (Lipinski definition) is 0. The number of carboxylic acids is 1. The Morgan fingerprint density at radius 3 is 2.59 bits per heavy atom. The zero-order valence-electron chi connectivity index (χ0n) is 18.5. The SMILES string of the molecule is CC(C)Oc1ccc(-c2ncc(-c3ccc(CN4CCC(C(=O)[O-])C4)cc3)[se]2)cc1Cl.[Na+]. The van der Waals surface area contributed by atoms with Crippen molar-refractivity contribution in [2.45, 2.75) is 32.9 Å². The van der Waals surface area contributed by atoms with E-state index in [1.165, 1.54) is 15.6 Å². The van der Waals surface area contributed by atoms with Crippen LogP contribution in [-0.4, -0.2) is 49.6 Å². The molecule has 0 aliphatic carbocycles. The van der Waals surface area contributed by atoms with Gasteiger partial charge in [-0.05, 0) is 0 Å². The molecule has 0 N–H and O–H groups in total. The van der Waals surface area contributed by atoms with Crippen LogP contribution >= 0.6 is 11.6 Å². The minimum Gasteiger partial charge on any atom is 1.00 e. The van der Waals surface area contributed by atoms with E-state index in [1.54, 1.807) is 0 Å². The first-order valence-electron chi connectivity index (χ1n) is 10.3. The maximum atomic E-state index is 11.0. The van der Waals surface area contributed by atoms with Crippen LogP contribution < -0.4 is 39.4 Å². The zero-order chi connectivity index (χ0) is 22.0. The van der Waals surface area contributed by atoms with Gasteiger partial charge in [-0.25, -0.2) is 0 Å². The number of likely N-dealkylation sites (tertiary alicyclic amines) is 1. The molecule has 0 spiro atoms. The molecule has 2 heterocycles. The minimum atomic E-state index is -0.938. The van der Waals surface area contributed by atoms with E-state index in [9.17, 15) is 9.90 Å². The van der Waals surface area contributed by atoms with Crippen LogP contribution in [0.25, 0.3) is 20.1 Å². The van der Waals surface area contributed by atoms with Gasteiger partial charge in [-0.15, -0.1) is 0 Å². The van der Waals surface area contributed by atoms with E-state index >= 15 is 0 Å². The molecule has 1 unspecified atom stereocenters. The Kier molecular flexibility index (Phi) is 9.05. The number of hydrogen-bond acceptors (Lipinski definition) is 5. The largest absolute Gasteiger partial charge is 1.00 e. The Morgan fingerprint density at radius 1 is 1.25 bits per heavy atom. The number of rotatable bonds is 7. The summed E-state index contributed by atoms with van der Waals surface area (Å²) in [6.07, 6.45) is 2.69. The Bertz CT molecular complexity index is 1070. The van der Waals surface area contributed by atoms with Gasteiger partial charge in [0.1, 0.15) is 0 Å². The topological polar surface area (TPSA) is 65.5 Å². The smallest absolute Gasteiger partial charge is 1.00 e. The van der Waals surface area contributed by atoms with E-state index in [2.05, 4.69) is 34.1 Å². The Labute approximate surface area is 221 Å². The van der Waals surface area contributed by atoms with E-state index in [-0.39, 0.29) is 56.1 Å². The van der Waals surface area contributed by atoms with Crippen molar-refractivity contribution in [1.82, 2.24) is 9.88 Å². The summed E-state index contributed by atoms with van der Waals surface area (Å²) in [6.45, 7) is 6.09. The summed E-state index contributed by atoms with van der Waals surface area (Å²) in [7, 11) is 0. The predicted octanol–water partition coefficient (Wildman–Crippen LogP) is 0.489. The molecule has 5 nitrogen and oxygen atoms in total. The fourth-order valence-corrected chi connectivity index (χ4v) is 5.88. The van der Waals surface area contributed by atoms with E-state index in [0.29, 0.717) is 23.7 Å². The molecule has 1 aliphatic heterocycles. The van der Waals surface area contributed by atoms with Crippen molar-refractivity contribution >= 4 is 32.1 Å². The number of aliphatic carboxylic acids is 1. The number of nitrogens with zero attached hydrogens (tertiary/aromatic N) is 2. The molecule has 0 bridgehead atoms. The molecule has 2 aromatic carbocycles. The van der Waals surface area contributed by atoms with E-state index in [0.717, 1.165) is 23.2 Å². The molecule has 1 aliphatic rings. The monoisotopic (exact) mass is 526 g/mol. The van der Waals surface area contributed by atoms with Gasteiger partial charge in [0, 0.05) is 0 Å². The van der Waals surface area contributed by atoms with Gasteiger partial charge in [0.05, 0.1) is 0 Å². The number of carboxylic acid groups (broad SMARTS) is 1. The van der Waals surface area contributed by atoms with Crippen LogP contribution in [0.3, 0.4) is 0 Å². The van der Waals surface area contributed by atoms with E-state index < -0.39 is 5.97 Å². The zero-order valence-corrected chi connectivity index (χ0v) is 23.0. The van der Waals surface area contributed by atoms with Crippen molar-refractivity contribution < 1.29 is 44.2 Å². The van der Waals surface area contributed by atoms with Gasteiger partial charge in [0.2, 0.25) is 0 Å². The number of aromatic nitrogens is 1. The van der Waals surface area contributed by atoms with Crippen LogP contribution in [-0.2, 0) is 11.3 Å². The molecule has 1 aromatic heterocycles. The number of ether oxygens (including phenoxy) is 1. The molecule has 1 atom stereocenters. The first-order chi connectivity index (χ1) is 14.9. The number of carbonyl (C=O) groups excluding carboxylic acids is 1. The van der Waals surface area contributed by atoms with Gasteiger partial charge in [-0.3, -0.25) is 0 Å². The normalized spacial score (nSPS) is 16.2. The third-order valence-electron chi connectivity index (χ3n) is 5.30. The molecule has 8 heteroatoms. The molecule has 0 amide bonds. The summed E-state index contributed by atoms with van der Waals surface area (Å²) in [6, 6.07) is 14.3. The molecule has 3 aromatic rings. The van der Waals surface area contributed by atoms with Crippen LogP contribution in [0.2, 0.25) is 5.02 Å². The standard InChI is InChI=1S/C24H25ClN2O3Se.Na/c1-15(2)30-21-8-7-18(11-20(21)25)23-26-12-22(31-23)17-5-3-16(4-6-17)13-27-10-9-19(14-27)24(28)29;/h3-8,11-12,15,19H,9-10,13-14H2,1-2H3,(H,28,29);/q;+1/p-1. The Balaban J connectivity index is 0.00000289. The van der Waals surface area contributed by atoms with Gasteiger partial charge in [0.25, 0.3) is 0 Å². The van der Waals surface area contributed by atoms with Gasteiger partial charge < -0.3 is 0 Å². The summed E-state index contributed by atoms with van der Waals surface area (Å²) in [5, 5.41) is 11.6. The van der Waals surface area contributed by atoms with Crippen LogP contribution in [0.4, 0.5) is 0 Å².